The van der Waals surface area contributed by atoms with Crippen LogP contribution in [0.3, 0.4) is 0 Å². The van der Waals surface area contributed by atoms with E-state index in [4.69, 9.17) is 4.74 Å². The Kier molecular flexibility index (Phi) is 8.57. The summed E-state index contributed by atoms with van der Waals surface area (Å²) in [5, 5.41) is 2.49. The fourth-order valence-corrected chi connectivity index (χ4v) is 5.20. The van der Waals surface area contributed by atoms with Gasteiger partial charge in [-0.1, -0.05) is 6.07 Å². The lowest BCUT2D eigenvalue weighted by atomic mass is 10.2. The number of sulfonamides is 2. The first-order valence-electron chi connectivity index (χ1n) is 11.0. The summed E-state index contributed by atoms with van der Waals surface area (Å²) >= 11 is 0. The van der Waals surface area contributed by atoms with Crippen LogP contribution < -0.4 is 19.1 Å². The van der Waals surface area contributed by atoms with Crippen molar-refractivity contribution in [1.29, 1.82) is 0 Å². The molecular formula is C24H24F3N3O6S2. The van der Waals surface area contributed by atoms with Gasteiger partial charge in [-0.25, -0.2) is 16.8 Å². The van der Waals surface area contributed by atoms with Crippen molar-refractivity contribution in [3.05, 3.63) is 78.4 Å². The monoisotopic (exact) mass is 571 g/mol. The van der Waals surface area contributed by atoms with Gasteiger partial charge in [-0.15, -0.1) is 0 Å². The van der Waals surface area contributed by atoms with Gasteiger partial charge in [-0.2, -0.15) is 13.2 Å². The van der Waals surface area contributed by atoms with E-state index in [0.717, 1.165) is 34.8 Å². The minimum atomic E-state index is -4.64. The number of hydrogen-bond acceptors (Lipinski definition) is 6. The summed E-state index contributed by atoms with van der Waals surface area (Å²) in [6.45, 7) is 1.68. The second kappa shape index (κ2) is 11.3. The molecule has 0 unspecified atom stereocenters. The van der Waals surface area contributed by atoms with Crippen LogP contribution in [0, 0.1) is 0 Å². The van der Waals surface area contributed by atoms with Crippen molar-refractivity contribution in [3.63, 3.8) is 0 Å². The number of rotatable bonds is 10. The van der Waals surface area contributed by atoms with Crippen LogP contribution >= 0.6 is 0 Å². The highest BCUT2D eigenvalue weighted by Gasteiger charge is 2.30. The molecule has 3 rings (SSSR count). The van der Waals surface area contributed by atoms with E-state index in [-0.39, 0.29) is 22.0 Å². The fraction of sp³-hybridized carbons (Fsp3) is 0.208. The van der Waals surface area contributed by atoms with E-state index in [0.29, 0.717) is 18.4 Å². The van der Waals surface area contributed by atoms with Gasteiger partial charge in [-0.3, -0.25) is 13.8 Å². The Morgan fingerprint density at radius 3 is 2.11 bits per heavy atom. The van der Waals surface area contributed by atoms with E-state index >= 15 is 0 Å². The van der Waals surface area contributed by atoms with Gasteiger partial charge in [0.15, 0.2) is 0 Å². The van der Waals surface area contributed by atoms with Crippen molar-refractivity contribution in [2.24, 2.45) is 0 Å². The number of carbonyl (C=O) groups excluding carboxylic acids is 1. The van der Waals surface area contributed by atoms with E-state index in [1.807, 2.05) is 0 Å². The first-order valence-corrected chi connectivity index (χ1v) is 14.3. The Balaban J connectivity index is 1.70. The number of nitrogens with zero attached hydrogens (tertiary/aromatic N) is 1. The number of benzene rings is 3. The van der Waals surface area contributed by atoms with Crippen LogP contribution in [0.15, 0.2) is 77.7 Å². The largest absolute Gasteiger partial charge is 0.494 e. The predicted molar refractivity (Wildman–Crippen MR) is 137 cm³/mol. The van der Waals surface area contributed by atoms with E-state index in [1.54, 1.807) is 19.1 Å². The van der Waals surface area contributed by atoms with Gasteiger partial charge < -0.3 is 10.1 Å². The molecule has 0 aliphatic carbocycles. The summed E-state index contributed by atoms with van der Waals surface area (Å²) in [5.41, 5.74) is -0.863. The number of amides is 1. The average molecular weight is 572 g/mol. The van der Waals surface area contributed by atoms with Crippen molar-refractivity contribution in [3.8, 4) is 5.75 Å². The van der Waals surface area contributed by atoms with E-state index in [9.17, 15) is 34.8 Å². The summed E-state index contributed by atoms with van der Waals surface area (Å²) in [6, 6.07) is 14.7. The SMILES string of the molecule is CCOc1ccc(N(CC(=O)Nc2ccc(S(=O)(=O)Nc3cccc(C(F)(F)F)c3)cc2)S(C)(=O)=O)cc1. The number of halogens is 3. The first-order chi connectivity index (χ1) is 17.7. The lowest BCUT2D eigenvalue weighted by Crippen LogP contribution is -2.37. The second-order valence-electron chi connectivity index (χ2n) is 7.95. The topological polar surface area (TPSA) is 122 Å². The maximum Gasteiger partial charge on any atom is 0.416 e. The molecule has 204 valence electrons. The highest BCUT2D eigenvalue weighted by molar-refractivity contribution is 7.92. The van der Waals surface area contributed by atoms with Gasteiger partial charge >= 0.3 is 6.18 Å². The molecule has 0 bridgehead atoms. The van der Waals surface area contributed by atoms with Crippen molar-refractivity contribution in [1.82, 2.24) is 0 Å². The molecule has 38 heavy (non-hydrogen) atoms. The molecule has 0 radical (unpaired) electrons. The zero-order chi connectivity index (χ0) is 28.1. The third-order valence-electron chi connectivity index (χ3n) is 5.01. The minimum Gasteiger partial charge on any atom is -0.494 e. The third kappa shape index (κ3) is 7.61. The maximum atomic E-state index is 12.9. The van der Waals surface area contributed by atoms with E-state index in [2.05, 4.69) is 10.0 Å². The van der Waals surface area contributed by atoms with Crippen LogP contribution in [0.1, 0.15) is 12.5 Å². The molecule has 14 heteroatoms. The lowest BCUT2D eigenvalue weighted by Gasteiger charge is -2.22. The Morgan fingerprint density at radius 2 is 1.55 bits per heavy atom. The molecule has 3 aromatic rings. The zero-order valence-electron chi connectivity index (χ0n) is 20.2. The number of nitrogens with one attached hydrogen (secondary N) is 2. The highest BCUT2D eigenvalue weighted by atomic mass is 32.2. The molecule has 2 N–H and O–H groups in total. The molecule has 9 nitrogen and oxygen atoms in total. The van der Waals surface area contributed by atoms with Crippen LogP contribution in [0.2, 0.25) is 0 Å². The molecule has 0 saturated heterocycles. The van der Waals surface area contributed by atoms with Gasteiger partial charge in [0.1, 0.15) is 12.3 Å². The second-order valence-corrected chi connectivity index (χ2v) is 11.5. The molecule has 0 heterocycles. The van der Waals surface area contributed by atoms with E-state index < -0.39 is 44.2 Å². The van der Waals surface area contributed by atoms with Gasteiger partial charge in [0.2, 0.25) is 15.9 Å². The smallest absolute Gasteiger partial charge is 0.416 e. The van der Waals surface area contributed by atoms with Gasteiger partial charge in [0.05, 0.1) is 29.0 Å². The van der Waals surface area contributed by atoms with Crippen LogP contribution in [0.4, 0.5) is 30.2 Å². The van der Waals surface area contributed by atoms with Crippen molar-refractivity contribution in [2.45, 2.75) is 18.0 Å². The maximum absolute atomic E-state index is 12.9. The molecule has 0 aromatic heterocycles. The molecule has 0 fully saturated rings. The summed E-state index contributed by atoms with van der Waals surface area (Å²) in [7, 11) is -8.06. The van der Waals surface area contributed by atoms with Crippen LogP contribution in [0.25, 0.3) is 0 Å². The van der Waals surface area contributed by atoms with Crippen LogP contribution in [-0.2, 0) is 31.0 Å². The molecule has 0 atom stereocenters. The predicted octanol–water partition coefficient (Wildman–Crippen LogP) is 4.31. The number of anilines is 3. The first kappa shape index (κ1) is 28.8. The Labute approximate surface area is 218 Å². The average Bonchev–Trinajstić information content (AvgIpc) is 2.82. The molecule has 0 aliphatic heterocycles. The number of carbonyl (C=O) groups is 1. The summed E-state index contributed by atoms with van der Waals surface area (Å²) in [4.78, 5) is 12.3. The molecular weight excluding hydrogens is 547 g/mol. The van der Waals surface area contributed by atoms with Crippen molar-refractivity contribution in [2.75, 3.05) is 33.8 Å². The van der Waals surface area contributed by atoms with Crippen molar-refractivity contribution < 1.29 is 39.5 Å². The van der Waals surface area contributed by atoms with Gasteiger partial charge in [0, 0.05) is 11.4 Å². The highest BCUT2D eigenvalue weighted by Crippen LogP contribution is 2.31. The summed E-state index contributed by atoms with van der Waals surface area (Å²) in [5.74, 6) is -0.159. The zero-order valence-corrected chi connectivity index (χ0v) is 21.8. The number of alkyl halides is 3. The summed E-state index contributed by atoms with van der Waals surface area (Å²) < 4.78 is 96.8. The van der Waals surface area contributed by atoms with Gasteiger partial charge in [-0.05, 0) is 73.7 Å². The van der Waals surface area contributed by atoms with Crippen LogP contribution in [0.5, 0.6) is 5.75 Å². The summed E-state index contributed by atoms with van der Waals surface area (Å²) in [6.07, 6.45) is -3.69. The Bertz CT molecular complexity index is 1490. The van der Waals surface area contributed by atoms with E-state index in [1.165, 1.54) is 30.3 Å². The standard InChI is InChI=1S/C24H24F3N3O6S2/c1-3-36-21-11-9-20(10-12-21)30(37(2,32)33)16-23(31)28-18-7-13-22(14-8-18)38(34,35)29-19-6-4-5-17(15-19)24(25,26)27/h4-15,29H,3,16H2,1-2H3,(H,28,31). The minimum absolute atomic E-state index is 0.174. The molecule has 1 amide bonds. The Morgan fingerprint density at radius 1 is 0.921 bits per heavy atom. The van der Waals surface area contributed by atoms with Crippen LogP contribution in [-0.4, -0.2) is 42.2 Å². The fourth-order valence-electron chi connectivity index (χ4n) is 3.30. The number of ether oxygens (including phenoxy) is 1. The number of hydrogen-bond donors (Lipinski definition) is 2. The van der Waals surface area contributed by atoms with Crippen molar-refractivity contribution >= 4 is 43.0 Å². The molecule has 3 aromatic carbocycles. The third-order valence-corrected chi connectivity index (χ3v) is 7.55. The molecule has 0 saturated carbocycles. The molecule has 0 spiro atoms. The Hall–Kier alpha value is -3.78. The normalized spacial score (nSPS) is 12.0. The quantitative estimate of drug-likeness (QED) is 0.374. The molecule has 0 aliphatic rings. The van der Waals surface area contributed by atoms with Gasteiger partial charge in [0.25, 0.3) is 10.0 Å². The lowest BCUT2D eigenvalue weighted by molar-refractivity contribution is -0.137.